The van der Waals surface area contributed by atoms with E-state index in [1.54, 1.807) is 18.5 Å². The highest BCUT2D eigenvalue weighted by atomic mass is 16.1. The van der Waals surface area contributed by atoms with Crippen LogP contribution in [0.5, 0.6) is 0 Å². The van der Waals surface area contributed by atoms with E-state index >= 15 is 0 Å². The normalized spacial score (nSPS) is 12.2. The lowest BCUT2D eigenvalue weighted by Gasteiger charge is -2.22. The number of hydrogen-bond donors (Lipinski definition) is 2. The van der Waals surface area contributed by atoms with Crippen molar-refractivity contribution >= 4 is 5.91 Å². The molecule has 0 saturated carbocycles. The minimum atomic E-state index is -0.299. The number of aromatic nitrogens is 3. The van der Waals surface area contributed by atoms with Crippen LogP contribution < -0.4 is 10.9 Å². The molecule has 0 radical (unpaired) electrons. The number of nitrogens with one attached hydrogen (secondary N) is 2. The third kappa shape index (κ3) is 4.48. The Labute approximate surface area is 135 Å². The molecule has 1 atom stereocenters. The molecule has 0 saturated heterocycles. The lowest BCUT2D eigenvalue weighted by molar-refractivity contribution is -0.122. The van der Waals surface area contributed by atoms with Crippen LogP contribution in [0, 0.1) is 5.92 Å². The van der Waals surface area contributed by atoms with Gasteiger partial charge >= 0.3 is 0 Å². The van der Waals surface area contributed by atoms with Crippen molar-refractivity contribution in [2.75, 3.05) is 0 Å². The topological polar surface area (TPSA) is 87.7 Å². The fraction of sp³-hybridized carbons (Fsp3) is 0.412. The summed E-state index contributed by atoms with van der Waals surface area (Å²) in [6.45, 7) is 5.93. The van der Waals surface area contributed by atoms with E-state index in [0.717, 1.165) is 12.0 Å². The molecule has 6 heteroatoms. The summed E-state index contributed by atoms with van der Waals surface area (Å²) in [6.07, 6.45) is 4.54. The summed E-state index contributed by atoms with van der Waals surface area (Å²) in [5, 5.41) is 2.97. The predicted molar refractivity (Wildman–Crippen MR) is 88.7 cm³/mol. The standard InChI is InChI=1S/C17H22N4O2/c1-4-6-14(22)20-16(11(2)3)13-9-15(23)21-17(19-13)12-7-5-8-18-10-12/h5,7-11,16H,4,6H2,1-3H3,(H,20,22)(H,19,21,23). The van der Waals surface area contributed by atoms with Crippen molar-refractivity contribution in [3.8, 4) is 11.4 Å². The van der Waals surface area contributed by atoms with E-state index in [4.69, 9.17) is 0 Å². The maximum atomic E-state index is 12.0. The number of amides is 1. The molecule has 0 aliphatic carbocycles. The first-order chi connectivity index (χ1) is 11.0. The van der Waals surface area contributed by atoms with Crippen molar-refractivity contribution in [1.29, 1.82) is 0 Å². The Hall–Kier alpha value is -2.50. The van der Waals surface area contributed by atoms with E-state index in [1.165, 1.54) is 6.07 Å². The van der Waals surface area contributed by atoms with E-state index in [0.29, 0.717) is 17.9 Å². The van der Waals surface area contributed by atoms with Gasteiger partial charge in [0.15, 0.2) is 0 Å². The average Bonchev–Trinajstić information content (AvgIpc) is 2.53. The molecule has 2 heterocycles. The van der Waals surface area contributed by atoms with E-state index < -0.39 is 0 Å². The molecular formula is C17H22N4O2. The predicted octanol–water partition coefficient (Wildman–Crippen LogP) is 2.45. The molecule has 2 rings (SSSR count). The number of H-pyrrole nitrogens is 1. The second-order valence-corrected chi connectivity index (χ2v) is 5.80. The van der Waals surface area contributed by atoms with Gasteiger partial charge in [0, 0.05) is 30.4 Å². The average molecular weight is 314 g/mol. The van der Waals surface area contributed by atoms with E-state index in [1.807, 2.05) is 26.8 Å². The minimum absolute atomic E-state index is 0.0313. The van der Waals surface area contributed by atoms with Gasteiger partial charge in [0.2, 0.25) is 5.91 Å². The lowest BCUT2D eigenvalue weighted by atomic mass is 10.00. The van der Waals surface area contributed by atoms with Gasteiger partial charge in [0.05, 0.1) is 11.7 Å². The van der Waals surface area contributed by atoms with Crippen molar-refractivity contribution in [2.45, 2.75) is 39.7 Å². The van der Waals surface area contributed by atoms with E-state index in [2.05, 4.69) is 20.3 Å². The van der Waals surface area contributed by atoms with Crippen LogP contribution in [0.1, 0.15) is 45.3 Å². The lowest BCUT2D eigenvalue weighted by Crippen LogP contribution is -2.33. The quantitative estimate of drug-likeness (QED) is 0.857. The van der Waals surface area contributed by atoms with Gasteiger partial charge in [0.25, 0.3) is 5.56 Å². The zero-order valence-corrected chi connectivity index (χ0v) is 13.7. The van der Waals surface area contributed by atoms with E-state index in [-0.39, 0.29) is 23.4 Å². The molecule has 0 aliphatic rings. The number of hydrogen-bond acceptors (Lipinski definition) is 4. The number of nitrogens with zero attached hydrogens (tertiary/aromatic N) is 2. The van der Waals surface area contributed by atoms with Crippen LogP contribution in [-0.4, -0.2) is 20.9 Å². The molecule has 2 aromatic heterocycles. The second kappa shape index (κ2) is 7.67. The molecule has 1 unspecified atom stereocenters. The summed E-state index contributed by atoms with van der Waals surface area (Å²) >= 11 is 0. The van der Waals surface area contributed by atoms with Gasteiger partial charge in [-0.2, -0.15) is 0 Å². The zero-order chi connectivity index (χ0) is 16.8. The van der Waals surface area contributed by atoms with Gasteiger partial charge in [0.1, 0.15) is 5.82 Å². The molecule has 0 fully saturated rings. The summed E-state index contributed by atoms with van der Waals surface area (Å²) in [4.78, 5) is 35.2. The molecule has 0 aromatic carbocycles. The zero-order valence-electron chi connectivity index (χ0n) is 13.7. The minimum Gasteiger partial charge on any atom is -0.347 e. The molecule has 122 valence electrons. The number of aromatic amines is 1. The van der Waals surface area contributed by atoms with Gasteiger partial charge in [-0.1, -0.05) is 20.8 Å². The Balaban J connectivity index is 2.38. The van der Waals surface area contributed by atoms with Crippen LogP contribution in [0.2, 0.25) is 0 Å². The third-order valence-corrected chi connectivity index (χ3v) is 3.48. The highest BCUT2D eigenvalue weighted by Crippen LogP contribution is 2.21. The van der Waals surface area contributed by atoms with Gasteiger partial charge < -0.3 is 10.3 Å². The molecule has 0 aliphatic heterocycles. The molecule has 0 bridgehead atoms. The summed E-state index contributed by atoms with van der Waals surface area (Å²) in [6, 6.07) is 4.75. The second-order valence-electron chi connectivity index (χ2n) is 5.80. The number of rotatable bonds is 6. The Morgan fingerprint density at radius 3 is 2.78 bits per heavy atom. The maximum absolute atomic E-state index is 12.0. The summed E-state index contributed by atoms with van der Waals surface area (Å²) in [5.74, 6) is 0.541. The maximum Gasteiger partial charge on any atom is 0.251 e. The third-order valence-electron chi connectivity index (χ3n) is 3.48. The Morgan fingerprint density at radius 2 is 2.17 bits per heavy atom. The number of carbonyl (C=O) groups is 1. The molecular weight excluding hydrogens is 292 g/mol. The molecule has 1 amide bonds. The SMILES string of the molecule is CCCC(=O)NC(c1cc(=O)[nH]c(-c2cccnc2)n1)C(C)C. The van der Waals surface area contributed by atoms with Gasteiger partial charge in [-0.25, -0.2) is 4.98 Å². The first kappa shape index (κ1) is 16.9. The molecule has 23 heavy (non-hydrogen) atoms. The summed E-state index contributed by atoms with van der Waals surface area (Å²) in [7, 11) is 0. The Bertz CT molecular complexity index is 710. The van der Waals surface area contributed by atoms with Crippen molar-refractivity contribution in [3.05, 3.63) is 46.6 Å². The fourth-order valence-corrected chi connectivity index (χ4v) is 2.33. The van der Waals surface area contributed by atoms with Gasteiger partial charge in [-0.05, 0) is 24.5 Å². The smallest absolute Gasteiger partial charge is 0.251 e. The van der Waals surface area contributed by atoms with Crippen LogP contribution in [0.4, 0.5) is 0 Å². The first-order valence-corrected chi connectivity index (χ1v) is 7.82. The largest absolute Gasteiger partial charge is 0.347 e. The molecule has 6 nitrogen and oxygen atoms in total. The Morgan fingerprint density at radius 1 is 1.39 bits per heavy atom. The highest BCUT2D eigenvalue weighted by Gasteiger charge is 2.21. The van der Waals surface area contributed by atoms with Crippen molar-refractivity contribution in [3.63, 3.8) is 0 Å². The summed E-state index contributed by atoms with van der Waals surface area (Å²) < 4.78 is 0. The molecule has 2 aromatic rings. The van der Waals surface area contributed by atoms with Crippen LogP contribution in [0.15, 0.2) is 35.4 Å². The van der Waals surface area contributed by atoms with E-state index in [9.17, 15) is 9.59 Å². The Kier molecular flexibility index (Phi) is 5.62. The highest BCUT2D eigenvalue weighted by molar-refractivity contribution is 5.76. The monoisotopic (exact) mass is 314 g/mol. The number of pyridine rings is 1. The van der Waals surface area contributed by atoms with Crippen LogP contribution in [-0.2, 0) is 4.79 Å². The van der Waals surface area contributed by atoms with Crippen molar-refractivity contribution in [2.24, 2.45) is 5.92 Å². The molecule has 0 spiro atoms. The van der Waals surface area contributed by atoms with Crippen LogP contribution >= 0.6 is 0 Å². The van der Waals surface area contributed by atoms with Crippen molar-refractivity contribution in [1.82, 2.24) is 20.3 Å². The molecule has 2 N–H and O–H groups in total. The van der Waals surface area contributed by atoms with Gasteiger partial charge in [-0.15, -0.1) is 0 Å². The van der Waals surface area contributed by atoms with Gasteiger partial charge in [-0.3, -0.25) is 14.6 Å². The fourth-order valence-electron chi connectivity index (χ4n) is 2.33. The van der Waals surface area contributed by atoms with Crippen molar-refractivity contribution < 1.29 is 4.79 Å². The van der Waals surface area contributed by atoms with Crippen LogP contribution in [0.25, 0.3) is 11.4 Å². The summed E-state index contributed by atoms with van der Waals surface area (Å²) in [5.41, 5.74) is 1.05. The first-order valence-electron chi connectivity index (χ1n) is 7.82. The van der Waals surface area contributed by atoms with Crippen LogP contribution in [0.3, 0.4) is 0 Å². The number of carbonyl (C=O) groups excluding carboxylic acids is 1.